The molecular weight excluding hydrogens is 402 g/mol. The van der Waals surface area contributed by atoms with E-state index >= 15 is 0 Å². The molecule has 0 aliphatic heterocycles. The smallest absolute Gasteiger partial charge is 1.00 e. The molecule has 0 radical (unpaired) electrons. The molecule has 0 unspecified atom stereocenters. The first kappa shape index (κ1) is 34.7. The van der Waals surface area contributed by atoms with E-state index in [0.717, 1.165) is 12.8 Å². The molecule has 0 atom stereocenters. The Kier molecular flexibility index (Phi) is 22.2. The Morgan fingerprint density at radius 2 is 0.957 bits per heavy atom. The van der Waals surface area contributed by atoms with Crippen molar-refractivity contribution in [3.63, 3.8) is 0 Å². The van der Waals surface area contributed by atoms with Crippen molar-refractivity contribution < 1.29 is 51.0 Å². The third kappa shape index (κ3) is 13.4. The molecule has 3 heteroatoms. The molecule has 2 rings (SSSR count). The first-order valence-corrected chi connectivity index (χ1v) is 6.77. The Hall–Kier alpha value is 0.423. The molecule has 2 aliphatic rings. The minimum Gasteiger partial charge on any atom is -1.00 e. The second kappa shape index (κ2) is 14.7. The van der Waals surface area contributed by atoms with Crippen LogP contribution in [0.4, 0.5) is 0 Å². The molecule has 23 heavy (non-hydrogen) atoms. The number of hydrogen-bond donors (Lipinski definition) is 0. The van der Waals surface area contributed by atoms with E-state index in [4.69, 9.17) is 0 Å². The summed E-state index contributed by atoms with van der Waals surface area (Å²) in [5.41, 5.74) is 3.30. The minimum absolute atomic E-state index is 0. The summed E-state index contributed by atoms with van der Waals surface area (Å²) in [5, 5.41) is 0. The quantitative estimate of drug-likeness (QED) is 0.483. The topological polar surface area (TPSA) is 0 Å². The summed E-state index contributed by atoms with van der Waals surface area (Å²) in [6.45, 7) is 13.3. The molecule has 0 N–H and O–H groups in total. The average molecular weight is 435 g/mol. The molecule has 0 nitrogen and oxygen atoms in total. The SMILES string of the molecule is CC(C)(C)C1=[C-]CC=C1.CC(C)(C)C1=[C-]CC=C1.[CH3-].[CH3-].[Cl-].[Cl-].[Zr+2]. The van der Waals surface area contributed by atoms with Crippen molar-refractivity contribution in [1.29, 1.82) is 0 Å². The van der Waals surface area contributed by atoms with Crippen LogP contribution in [0.1, 0.15) is 54.4 Å². The molecule has 0 heterocycles. The molecule has 0 saturated carbocycles. The van der Waals surface area contributed by atoms with Crippen LogP contribution >= 0.6 is 0 Å². The van der Waals surface area contributed by atoms with Gasteiger partial charge in [0.15, 0.2) is 0 Å². The van der Waals surface area contributed by atoms with E-state index in [1.807, 2.05) is 0 Å². The van der Waals surface area contributed by atoms with Gasteiger partial charge in [-0.2, -0.15) is 12.2 Å². The zero-order valence-corrected chi connectivity index (χ0v) is 19.9. The van der Waals surface area contributed by atoms with E-state index in [1.165, 1.54) is 11.1 Å². The maximum absolute atomic E-state index is 3.30. The van der Waals surface area contributed by atoms with Crippen molar-refractivity contribution in [2.24, 2.45) is 10.8 Å². The Labute approximate surface area is 177 Å². The normalized spacial score (nSPS) is 14.3. The van der Waals surface area contributed by atoms with Gasteiger partial charge in [0.2, 0.25) is 0 Å². The average Bonchev–Trinajstić information content (AvgIpc) is 2.91. The van der Waals surface area contributed by atoms with E-state index in [0.29, 0.717) is 10.8 Å². The van der Waals surface area contributed by atoms with Crippen molar-refractivity contribution in [2.45, 2.75) is 54.4 Å². The fraction of sp³-hybridized carbons (Fsp3) is 0.500. The van der Waals surface area contributed by atoms with Crippen LogP contribution in [0.3, 0.4) is 0 Å². The third-order valence-electron chi connectivity index (χ3n) is 3.01. The summed E-state index contributed by atoms with van der Waals surface area (Å²) < 4.78 is 0. The van der Waals surface area contributed by atoms with Gasteiger partial charge < -0.3 is 39.7 Å². The van der Waals surface area contributed by atoms with Gasteiger partial charge in [0.05, 0.1) is 0 Å². The zero-order valence-electron chi connectivity index (χ0n) is 16.0. The van der Waals surface area contributed by atoms with Crippen LogP contribution in [0.2, 0.25) is 0 Å². The van der Waals surface area contributed by atoms with Crippen molar-refractivity contribution in [3.05, 3.63) is 62.5 Å². The fourth-order valence-electron chi connectivity index (χ4n) is 1.84. The van der Waals surface area contributed by atoms with Crippen LogP contribution in [-0.2, 0) is 26.2 Å². The Morgan fingerprint density at radius 3 is 1.04 bits per heavy atom. The molecule has 0 fully saturated rings. The van der Waals surface area contributed by atoms with E-state index < -0.39 is 0 Å². The first-order chi connectivity index (χ1) is 8.21. The van der Waals surface area contributed by atoms with Gasteiger partial charge in [0.25, 0.3) is 0 Å². The van der Waals surface area contributed by atoms with E-state index in [-0.39, 0.29) is 65.9 Å². The molecule has 0 saturated heterocycles. The monoisotopic (exact) mass is 432 g/mol. The summed E-state index contributed by atoms with van der Waals surface area (Å²) >= 11 is 0. The maximum Gasteiger partial charge on any atom is 2.00 e. The van der Waals surface area contributed by atoms with Crippen molar-refractivity contribution in [1.82, 2.24) is 0 Å². The standard InChI is InChI=1S/2C9H13.2CH3.2ClH.Zr/c2*1-9(2,3)8-6-4-5-7-8;;;;;/h2*4,6H,5H2,1-3H3;2*1H3;2*1H;/q4*-1;;;+2/p-2. The summed E-state index contributed by atoms with van der Waals surface area (Å²) in [7, 11) is 0. The van der Waals surface area contributed by atoms with Gasteiger partial charge in [0, 0.05) is 0 Å². The predicted molar refractivity (Wildman–Crippen MR) is 92.8 cm³/mol. The van der Waals surface area contributed by atoms with Gasteiger partial charge in [-0.1, -0.05) is 41.5 Å². The van der Waals surface area contributed by atoms with Crippen molar-refractivity contribution in [2.75, 3.05) is 0 Å². The van der Waals surface area contributed by atoms with Gasteiger partial charge in [0.1, 0.15) is 0 Å². The summed E-state index contributed by atoms with van der Waals surface area (Å²) in [6, 6.07) is 0. The molecule has 0 aromatic rings. The van der Waals surface area contributed by atoms with Crippen molar-refractivity contribution >= 4 is 0 Å². The second-order valence-electron chi connectivity index (χ2n) is 6.89. The maximum atomic E-state index is 3.30. The first-order valence-electron chi connectivity index (χ1n) is 6.77. The van der Waals surface area contributed by atoms with Crippen LogP contribution in [-0.4, -0.2) is 0 Å². The predicted octanol–water partition coefficient (Wildman–Crippen LogP) is 0.350. The summed E-state index contributed by atoms with van der Waals surface area (Å²) in [6.07, 6.45) is 17.3. The number of allylic oxidation sites excluding steroid dienone is 8. The van der Waals surface area contributed by atoms with Gasteiger partial charge in [-0.3, -0.25) is 12.2 Å². The third-order valence-corrected chi connectivity index (χ3v) is 3.01. The van der Waals surface area contributed by atoms with Crippen LogP contribution in [0.25, 0.3) is 0 Å². The van der Waals surface area contributed by atoms with Crippen LogP contribution in [0.5, 0.6) is 0 Å². The van der Waals surface area contributed by atoms with Crippen LogP contribution < -0.4 is 24.8 Å². The molecular formula is C20H32Cl2Zr-4. The zero-order chi connectivity index (χ0) is 13.8. The van der Waals surface area contributed by atoms with Crippen LogP contribution in [0.15, 0.2) is 35.5 Å². The Morgan fingerprint density at radius 1 is 0.696 bits per heavy atom. The molecule has 134 valence electrons. The number of halogens is 2. The second-order valence-corrected chi connectivity index (χ2v) is 6.89. The van der Waals surface area contributed by atoms with E-state index in [2.05, 4.69) is 78.0 Å². The van der Waals surface area contributed by atoms with Gasteiger partial charge in [-0.05, 0) is 10.8 Å². The molecule has 0 aromatic carbocycles. The van der Waals surface area contributed by atoms with E-state index in [9.17, 15) is 0 Å². The van der Waals surface area contributed by atoms with Gasteiger partial charge >= 0.3 is 26.2 Å². The minimum atomic E-state index is 0. The van der Waals surface area contributed by atoms with Gasteiger partial charge in [-0.25, -0.2) is 23.3 Å². The summed E-state index contributed by atoms with van der Waals surface area (Å²) in [5.74, 6) is 0. The van der Waals surface area contributed by atoms with Crippen molar-refractivity contribution in [3.8, 4) is 0 Å². The molecule has 0 spiro atoms. The van der Waals surface area contributed by atoms with Gasteiger partial charge in [-0.15, -0.1) is 12.8 Å². The van der Waals surface area contributed by atoms with E-state index in [1.54, 1.807) is 0 Å². The fourth-order valence-corrected chi connectivity index (χ4v) is 1.84. The number of hydrogen-bond acceptors (Lipinski definition) is 0. The molecule has 2 aliphatic carbocycles. The Balaban J connectivity index is -0.0000000771. The molecule has 0 amide bonds. The number of rotatable bonds is 0. The largest absolute Gasteiger partial charge is 2.00 e. The Bertz CT molecular complexity index is 362. The molecule has 0 bridgehead atoms. The molecule has 0 aromatic heterocycles. The van der Waals surface area contributed by atoms with Crippen LogP contribution in [0, 0.1) is 37.8 Å². The summed E-state index contributed by atoms with van der Waals surface area (Å²) in [4.78, 5) is 0.